The molecule has 1 aliphatic carbocycles. The van der Waals surface area contributed by atoms with Crippen LogP contribution in [-0.2, 0) is 19.3 Å². The first-order chi connectivity index (χ1) is 14.1. The third-order valence-corrected chi connectivity index (χ3v) is 6.20. The molecule has 0 heterocycles. The van der Waals surface area contributed by atoms with E-state index in [1.54, 1.807) is 6.07 Å². The zero-order chi connectivity index (χ0) is 20.4. The number of halogens is 2. The molecule has 0 N–H and O–H groups in total. The summed E-state index contributed by atoms with van der Waals surface area (Å²) in [5, 5.41) is 11.4. The highest BCUT2D eigenvalue weighted by molar-refractivity contribution is 5.84. The zero-order valence-electron chi connectivity index (χ0n) is 16.8. The molecule has 3 aromatic carbocycles. The standard InChI is InChI=1S/C26H25F2N/c1-2-3-4-5-17-6-7-19-13-20(9-8-18(19)12-17)21-10-11-23-22(14-21)15-25(27)24(16-29)26(23)28/h6-9,12-13,15,21H,2-5,10-11,14H2,1H3. The van der Waals surface area contributed by atoms with E-state index in [0.29, 0.717) is 24.0 Å². The minimum absolute atomic E-state index is 0.239. The molecule has 1 unspecified atom stereocenters. The highest BCUT2D eigenvalue weighted by atomic mass is 19.1. The second-order valence-electron chi connectivity index (χ2n) is 8.13. The molecule has 4 rings (SSSR count). The predicted octanol–water partition coefficient (Wildman–Crippen LogP) is 6.99. The van der Waals surface area contributed by atoms with Crippen molar-refractivity contribution in [3.05, 3.63) is 81.9 Å². The summed E-state index contributed by atoms with van der Waals surface area (Å²) in [7, 11) is 0. The maximum atomic E-state index is 14.4. The first-order valence-corrected chi connectivity index (χ1v) is 10.5. The molecule has 0 amide bonds. The fraction of sp³-hybridized carbons (Fsp3) is 0.346. The minimum Gasteiger partial charge on any atom is -0.205 e. The van der Waals surface area contributed by atoms with Gasteiger partial charge in [0.2, 0.25) is 0 Å². The number of rotatable bonds is 5. The molecule has 0 fully saturated rings. The highest BCUT2D eigenvalue weighted by Crippen LogP contribution is 2.36. The van der Waals surface area contributed by atoms with Crippen LogP contribution in [0.1, 0.15) is 66.3 Å². The third kappa shape index (κ3) is 3.90. The van der Waals surface area contributed by atoms with Gasteiger partial charge in [-0.25, -0.2) is 8.78 Å². The molecular weight excluding hydrogens is 364 g/mol. The molecule has 3 heteroatoms. The van der Waals surface area contributed by atoms with Crippen LogP contribution in [0.4, 0.5) is 8.78 Å². The van der Waals surface area contributed by atoms with E-state index < -0.39 is 17.2 Å². The van der Waals surface area contributed by atoms with E-state index in [-0.39, 0.29) is 5.92 Å². The van der Waals surface area contributed by atoms with E-state index in [4.69, 9.17) is 5.26 Å². The van der Waals surface area contributed by atoms with Crippen molar-refractivity contribution in [3.8, 4) is 6.07 Å². The first-order valence-electron chi connectivity index (χ1n) is 10.5. The first kappa shape index (κ1) is 19.6. The highest BCUT2D eigenvalue weighted by Gasteiger charge is 2.26. The van der Waals surface area contributed by atoms with Gasteiger partial charge >= 0.3 is 0 Å². The molecular formula is C26H25F2N. The van der Waals surface area contributed by atoms with E-state index in [1.165, 1.54) is 47.2 Å². The monoisotopic (exact) mass is 389 g/mol. The Labute approximate surface area is 171 Å². The van der Waals surface area contributed by atoms with Gasteiger partial charge < -0.3 is 0 Å². The second kappa shape index (κ2) is 8.33. The van der Waals surface area contributed by atoms with Crippen LogP contribution in [0.25, 0.3) is 10.8 Å². The van der Waals surface area contributed by atoms with Gasteiger partial charge in [-0.1, -0.05) is 56.2 Å². The van der Waals surface area contributed by atoms with Gasteiger partial charge in [0.1, 0.15) is 23.3 Å². The van der Waals surface area contributed by atoms with Crippen molar-refractivity contribution in [1.29, 1.82) is 5.26 Å². The molecule has 1 nitrogen and oxygen atoms in total. The molecule has 0 bridgehead atoms. The van der Waals surface area contributed by atoms with Crippen molar-refractivity contribution < 1.29 is 8.78 Å². The van der Waals surface area contributed by atoms with Crippen LogP contribution in [-0.4, -0.2) is 0 Å². The van der Waals surface area contributed by atoms with E-state index in [1.807, 2.05) is 0 Å². The molecule has 0 aromatic heterocycles. The smallest absolute Gasteiger partial charge is 0.147 e. The molecule has 1 aliphatic rings. The van der Waals surface area contributed by atoms with Gasteiger partial charge in [0, 0.05) is 0 Å². The summed E-state index contributed by atoms with van der Waals surface area (Å²) in [6.07, 6.45) is 6.78. The second-order valence-corrected chi connectivity index (χ2v) is 8.13. The molecule has 1 atom stereocenters. The summed E-state index contributed by atoms with van der Waals surface area (Å²) < 4.78 is 28.5. The van der Waals surface area contributed by atoms with Crippen LogP contribution in [0.3, 0.4) is 0 Å². The molecule has 3 aromatic rings. The number of nitriles is 1. The molecule has 0 spiro atoms. The summed E-state index contributed by atoms with van der Waals surface area (Å²) in [6.45, 7) is 2.22. The number of unbranched alkanes of at least 4 members (excludes halogenated alkanes) is 2. The Kier molecular flexibility index (Phi) is 5.62. The Morgan fingerprint density at radius 3 is 2.62 bits per heavy atom. The van der Waals surface area contributed by atoms with E-state index in [2.05, 4.69) is 43.3 Å². The maximum Gasteiger partial charge on any atom is 0.147 e. The molecule has 0 saturated heterocycles. The number of aryl methyl sites for hydroxylation is 1. The van der Waals surface area contributed by atoms with Crippen molar-refractivity contribution in [2.45, 2.75) is 57.8 Å². The summed E-state index contributed by atoms with van der Waals surface area (Å²) in [5.74, 6) is -1.18. The van der Waals surface area contributed by atoms with Crippen molar-refractivity contribution in [3.63, 3.8) is 0 Å². The number of hydrogen-bond acceptors (Lipinski definition) is 1. The van der Waals surface area contributed by atoms with Gasteiger partial charge in [-0.05, 0) is 77.1 Å². The predicted molar refractivity (Wildman–Crippen MR) is 113 cm³/mol. The van der Waals surface area contributed by atoms with Crippen LogP contribution in [0, 0.1) is 23.0 Å². The van der Waals surface area contributed by atoms with Gasteiger partial charge in [0.25, 0.3) is 0 Å². The van der Waals surface area contributed by atoms with Crippen molar-refractivity contribution in [1.82, 2.24) is 0 Å². The summed E-state index contributed by atoms with van der Waals surface area (Å²) >= 11 is 0. The number of nitrogens with zero attached hydrogens (tertiary/aromatic N) is 1. The lowest BCUT2D eigenvalue weighted by molar-refractivity contribution is 0.520. The lowest BCUT2D eigenvalue weighted by atomic mass is 9.79. The van der Waals surface area contributed by atoms with Gasteiger partial charge in [0.05, 0.1) is 0 Å². The summed E-state index contributed by atoms with van der Waals surface area (Å²) in [4.78, 5) is 0. The Balaban J connectivity index is 1.58. The minimum atomic E-state index is -0.751. The Bertz CT molecular complexity index is 1090. The Hall–Kier alpha value is -2.73. The van der Waals surface area contributed by atoms with E-state index >= 15 is 0 Å². The van der Waals surface area contributed by atoms with Crippen LogP contribution < -0.4 is 0 Å². The fourth-order valence-corrected chi connectivity index (χ4v) is 4.54. The Morgan fingerprint density at radius 1 is 1.03 bits per heavy atom. The van der Waals surface area contributed by atoms with E-state index in [9.17, 15) is 8.78 Å². The van der Waals surface area contributed by atoms with Gasteiger partial charge in [-0.15, -0.1) is 0 Å². The van der Waals surface area contributed by atoms with Crippen molar-refractivity contribution >= 4 is 10.8 Å². The third-order valence-electron chi connectivity index (χ3n) is 6.20. The van der Waals surface area contributed by atoms with Gasteiger partial charge in [-0.2, -0.15) is 5.26 Å². The van der Waals surface area contributed by atoms with Gasteiger partial charge in [-0.3, -0.25) is 0 Å². The van der Waals surface area contributed by atoms with Crippen molar-refractivity contribution in [2.75, 3.05) is 0 Å². The fourth-order valence-electron chi connectivity index (χ4n) is 4.54. The topological polar surface area (TPSA) is 23.8 Å². The zero-order valence-corrected chi connectivity index (χ0v) is 16.8. The molecule has 0 aliphatic heterocycles. The molecule has 0 saturated carbocycles. The van der Waals surface area contributed by atoms with Crippen molar-refractivity contribution in [2.24, 2.45) is 0 Å². The average Bonchev–Trinajstić information content (AvgIpc) is 2.73. The van der Waals surface area contributed by atoms with Crippen LogP contribution >= 0.6 is 0 Å². The number of benzene rings is 3. The molecule has 29 heavy (non-hydrogen) atoms. The Morgan fingerprint density at radius 2 is 1.83 bits per heavy atom. The van der Waals surface area contributed by atoms with Gasteiger partial charge in [0.15, 0.2) is 0 Å². The van der Waals surface area contributed by atoms with Crippen LogP contribution in [0.5, 0.6) is 0 Å². The van der Waals surface area contributed by atoms with Crippen LogP contribution in [0.15, 0.2) is 42.5 Å². The van der Waals surface area contributed by atoms with E-state index in [0.717, 1.165) is 12.8 Å². The molecule has 0 radical (unpaired) electrons. The molecule has 148 valence electrons. The van der Waals surface area contributed by atoms with Crippen LogP contribution in [0.2, 0.25) is 0 Å². The lowest BCUT2D eigenvalue weighted by Gasteiger charge is -2.26. The summed E-state index contributed by atoms with van der Waals surface area (Å²) in [6, 6.07) is 16.2. The maximum absolute atomic E-state index is 14.4. The summed E-state index contributed by atoms with van der Waals surface area (Å²) in [5.41, 5.74) is 3.34. The SMILES string of the molecule is CCCCCc1ccc2cc(C3CCc4c(cc(F)c(C#N)c4F)C3)ccc2c1. The average molecular weight is 389 g/mol. The largest absolute Gasteiger partial charge is 0.205 e. The number of hydrogen-bond donors (Lipinski definition) is 0. The lowest BCUT2D eigenvalue weighted by Crippen LogP contribution is -2.16. The number of fused-ring (bicyclic) bond motifs is 2. The quantitative estimate of drug-likeness (QED) is 0.431. The normalized spacial score (nSPS) is 15.9.